The van der Waals surface area contributed by atoms with Crippen molar-refractivity contribution in [3.63, 3.8) is 0 Å². The highest BCUT2D eigenvalue weighted by Gasteiger charge is 2.34. The van der Waals surface area contributed by atoms with E-state index in [4.69, 9.17) is 10.5 Å². The van der Waals surface area contributed by atoms with Crippen LogP contribution in [0.5, 0.6) is 0 Å². The number of Topliss-reactive ketones (excluding diaryl/α,β-unsaturated/α-hetero) is 1. The van der Waals surface area contributed by atoms with E-state index in [1.54, 1.807) is 0 Å². The normalized spacial score (nSPS) is 13.2. The lowest BCUT2D eigenvalue weighted by Crippen LogP contribution is -2.34. The maximum Gasteiger partial charge on any atom is 0.417 e. The third-order valence-electron chi connectivity index (χ3n) is 4.07. The Morgan fingerprint density at radius 3 is 2.55 bits per heavy atom. The van der Waals surface area contributed by atoms with Gasteiger partial charge in [0.05, 0.1) is 23.7 Å². The van der Waals surface area contributed by atoms with Crippen molar-refractivity contribution in [2.24, 2.45) is 5.92 Å². The molecule has 0 saturated heterocycles. The first-order valence-electron chi connectivity index (χ1n) is 8.26. The van der Waals surface area contributed by atoms with Crippen molar-refractivity contribution >= 4 is 27.4 Å². The van der Waals surface area contributed by atoms with Crippen molar-refractivity contribution in [2.75, 3.05) is 11.9 Å². The van der Waals surface area contributed by atoms with E-state index in [2.05, 4.69) is 26.3 Å². The molecule has 0 spiro atoms. The van der Waals surface area contributed by atoms with Crippen molar-refractivity contribution in [1.29, 1.82) is 10.5 Å². The van der Waals surface area contributed by atoms with Gasteiger partial charge >= 0.3 is 6.18 Å². The summed E-state index contributed by atoms with van der Waals surface area (Å²) in [7, 11) is 0. The molecule has 2 atom stereocenters. The molecule has 0 fully saturated rings. The van der Waals surface area contributed by atoms with Crippen molar-refractivity contribution in [1.82, 2.24) is 9.78 Å². The van der Waals surface area contributed by atoms with Gasteiger partial charge in [-0.1, -0.05) is 6.92 Å². The zero-order chi connectivity index (χ0) is 21.8. The number of rotatable bonds is 7. The second-order valence-electron chi connectivity index (χ2n) is 6.24. The van der Waals surface area contributed by atoms with Crippen molar-refractivity contribution < 1.29 is 23.1 Å². The molecular formula is C18H15BrF3N5O2. The van der Waals surface area contributed by atoms with Crippen LogP contribution in [0.1, 0.15) is 23.6 Å². The average molecular weight is 470 g/mol. The zero-order valence-electron chi connectivity index (χ0n) is 15.0. The smallest absolute Gasteiger partial charge is 0.384 e. The van der Waals surface area contributed by atoms with Gasteiger partial charge in [-0.05, 0) is 34.1 Å². The molecule has 1 aromatic carbocycles. The lowest BCUT2D eigenvalue weighted by atomic mass is 10.0. The van der Waals surface area contributed by atoms with Gasteiger partial charge in [-0.25, -0.2) is 0 Å². The molecule has 2 N–H and O–H groups in total. The summed E-state index contributed by atoms with van der Waals surface area (Å²) in [6, 6.07) is 6.55. The lowest BCUT2D eigenvalue weighted by Gasteiger charge is -2.17. The van der Waals surface area contributed by atoms with Crippen LogP contribution in [0.4, 0.5) is 18.9 Å². The first-order valence-corrected chi connectivity index (χ1v) is 9.06. The van der Waals surface area contributed by atoms with Crippen LogP contribution < -0.4 is 5.32 Å². The standard InChI is InChI=1S/C18H15BrF3N5O2/c1-10(16(29)15(28)9-27-8-12(6-24)17(19)26-27)7-25-13-3-2-11(5-23)14(4-13)18(20,21)22/h2-4,8,10,15,25,28H,7,9H2,1H3/t10-,15-/m0/s1. The van der Waals surface area contributed by atoms with Crippen LogP contribution in [0.2, 0.25) is 0 Å². The zero-order valence-corrected chi connectivity index (χ0v) is 16.6. The van der Waals surface area contributed by atoms with E-state index in [0.29, 0.717) is 0 Å². The minimum Gasteiger partial charge on any atom is -0.384 e. The summed E-state index contributed by atoms with van der Waals surface area (Å²) in [5, 5.41) is 34.5. The predicted octanol–water partition coefficient (Wildman–Crippen LogP) is 3.09. The Hall–Kier alpha value is -2.89. The number of halogens is 4. The quantitative estimate of drug-likeness (QED) is 0.643. The molecular weight excluding hydrogens is 455 g/mol. The third-order valence-corrected chi connectivity index (χ3v) is 4.65. The van der Waals surface area contributed by atoms with Gasteiger partial charge < -0.3 is 10.4 Å². The number of aliphatic hydroxyl groups excluding tert-OH is 1. The molecule has 0 aliphatic heterocycles. The minimum absolute atomic E-state index is 0.0225. The van der Waals surface area contributed by atoms with E-state index in [9.17, 15) is 23.1 Å². The van der Waals surface area contributed by atoms with Crippen molar-refractivity contribution in [2.45, 2.75) is 25.7 Å². The van der Waals surface area contributed by atoms with Gasteiger partial charge in [-0.15, -0.1) is 0 Å². The Bertz CT molecular complexity index is 991. The number of benzene rings is 1. The van der Waals surface area contributed by atoms with Crippen LogP contribution in [0.25, 0.3) is 0 Å². The highest BCUT2D eigenvalue weighted by atomic mass is 79.9. The Morgan fingerprint density at radius 1 is 1.34 bits per heavy atom. The minimum atomic E-state index is -4.68. The Balaban J connectivity index is 2.01. The van der Waals surface area contributed by atoms with Gasteiger partial charge in [0.1, 0.15) is 22.3 Å². The van der Waals surface area contributed by atoms with E-state index in [-0.39, 0.29) is 28.9 Å². The molecule has 0 aliphatic carbocycles. The van der Waals surface area contributed by atoms with Gasteiger partial charge in [0.25, 0.3) is 0 Å². The third kappa shape index (κ3) is 5.56. The summed E-state index contributed by atoms with van der Waals surface area (Å²) in [6.07, 6.45) is -4.71. The fourth-order valence-electron chi connectivity index (χ4n) is 2.52. The molecule has 11 heteroatoms. The number of nitriles is 2. The number of alkyl halides is 3. The number of ketones is 1. The summed E-state index contributed by atoms with van der Waals surface area (Å²) in [5.74, 6) is -1.25. The Kier molecular flexibility index (Phi) is 7.01. The van der Waals surface area contributed by atoms with Crippen LogP contribution in [-0.2, 0) is 17.5 Å². The number of aliphatic hydroxyl groups is 1. The number of hydrogen-bond acceptors (Lipinski definition) is 6. The molecule has 0 saturated carbocycles. The van der Waals surface area contributed by atoms with E-state index in [0.717, 1.165) is 12.1 Å². The van der Waals surface area contributed by atoms with E-state index in [1.165, 1.54) is 29.9 Å². The number of nitrogens with zero attached hydrogens (tertiary/aromatic N) is 4. The fraction of sp³-hybridized carbons (Fsp3) is 0.333. The number of carbonyl (C=O) groups is 1. The van der Waals surface area contributed by atoms with Crippen LogP contribution in [0.15, 0.2) is 29.0 Å². The topological polar surface area (TPSA) is 115 Å². The monoisotopic (exact) mass is 469 g/mol. The molecule has 2 aromatic rings. The Labute approximate surface area is 172 Å². The molecule has 0 unspecified atom stereocenters. The summed E-state index contributed by atoms with van der Waals surface area (Å²) in [6.45, 7) is 1.33. The number of carbonyl (C=O) groups excluding carboxylic acids is 1. The van der Waals surface area contributed by atoms with Gasteiger partial charge in [-0.2, -0.15) is 28.8 Å². The van der Waals surface area contributed by atoms with Crippen LogP contribution in [0, 0.1) is 28.6 Å². The Morgan fingerprint density at radius 2 is 2.00 bits per heavy atom. The first kappa shape index (κ1) is 22.4. The second kappa shape index (κ2) is 9.07. The van der Waals surface area contributed by atoms with Gasteiger partial charge in [0.2, 0.25) is 0 Å². The maximum absolute atomic E-state index is 13.0. The van der Waals surface area contributed by atoms with Crippen LogP contribution >= 0.6 is 15.9 Å². The van der Waals surface area contributed by atoms with Gasteiger partial charge in [-0.3, -0.25) is 9.48 Å². The number of nitrogens with one attached hydrogen (secondary N) is 1. The predicted molar refractivity (Wildman–Crippen MR) is 99.5 cm³/mol. The van der Waals surface area contributed by atoms with Gasteiger partial charge in [0, 0.05) is 24.3 Å². The van der Waals surface area contributed by atoms with Crippen molar-refractivity contribution in [3.05, 3.63) is 45.7 Å². The van der Waals surface area contributed by atoms with Crippen LogP contribution in [-0.4, -0.2) is 33.3 Å². The number of hydrogen-bond donors (Lipinski definition) is 2. The lowest BCUT2D eigenvalue weighted by molar-refractivity contribution is -0.137. The maximum atomic E-state index is 13.0. The second-order valence-corrected chi connectivity index (χ2v) is 6.99. The first-order chi connectivity index (χ1) is 13.6. The molecule has 29 heavy (non-hydrogen) atoms. The summed E-state index contributed by atoms with van der Waals surface area (Å²) in [5.41, 5.74) is -1.22. The van der Waals surface area contributed by atoms with E-state index >= 15 is 0 Å². The molecule has 7 nitrogen and oxygen atoms in total. The van der Waals surface area contributed by atoms with E-state index in [1.807, 2.05) is 6.07 Å². The molecule has 0 aliphatic rings. The molecule has 152 valence electrons. The highest BCUT2D eigenvalue weighted by molar-refractivity contribution is 9.10. The fourth-order valence-corrected chi connectivity index (χ4v) is 2.91. The van der Waals surface area contributed by atoms with Crippen LogP contribution in [0.3, 0.4) is 0 Å². The summed E-state index contributed by atoms with van der Waals surface area (Å²) >= 11 is 3.08. The highest BCUT2D eigenvalue weighted by Crippen LogP contribution is 2.33. The summed E-state index contributed by atoms with van der Waals surface area (Å²) < 4.78 is 40.6. The van der Waals surface area contributed by atoms with Crippen molar-refractivity contribution in [3.8, 4) is 12.1 Å². The molecule has 1 aromatic heterocycles. The van der Waals surface area contributed by atoms with Gasteiger partial charge in [0.15, 0.2) is 5.78 Å². The van der Waals surface area contributed by atoms with E-state index < -0.39 is 35.1 Å². The molecule has 0 bridgehead atoms. The SMILES string of the molecule is C[C@@H](CNc1ccc(C#N)c(C(F)(F)F)c1)C(=O)[C@@H](O)Cn1cc(C#N)c(Br)n1. The molecule has 2 rings (SSSR count). The molecule has 1 heterocycles. The average Bonchev–Trinajstić information content (AvgIpc) is 3.03. The largest absolute Gasteiger partial charge is 0.417 e. The molecule has 0 radical (unpaired) electrons. The molecule has 0 amide bonds. The summed E-state index contributed by atoms with van der Waals surface area (Å²) in [4.78, 5) is 12.3. The number of aromatic nitrogens is 2. The number of anilines is 1.